The summed E-state index contributed by atoms with van der Waals surface area (Å²) in [6.45, 7) is 9.83. The number of amides is 1. The molecule has 1 fully saturated rings. The van der Waals surface area contributed by atoms with Crippen LogP contribution >= 0.6 is 11.6 Å². The van der Waals surface area contributed by atoms with Crippen molar-refractivity contribution in [3.8, 4) is 0 Å². The standard InChI is InChI=1S/C21H32ClN3O/c1-3-23(4-2)12-13-24-16-25(15-17-8-6-5-7-9-17)20-11-10-18(22)14-19(20)21(24)26/h10-11,14,17H,3-9,12-13,15-16H2,1-2H3. The molecule has 26 heavy (non-hydrogen) atoms. The van der Waals surface area contributed by atoms with E-state index in [0.717, 1.165) is 49.9 Å². The van der Waals surface area contributed by atoms with Gasteiger partial charge in [-0.3, -0.25) is 4.79 Å². The second-order valence-corrected chi connectivity index (χ2v) is 8.06. The van der Waals surface area contributed by atoms with Crippen molar-refractivity contribution >= 4 is 23.2 Å². The molecule has 1 saturated carbocycles. The molecule has 0 radical (unpaired) electrons. The Hall–Kier alpha value is -1.26. The number of anilines is 1. The lowest BCUT2D eigenvalue weighted by Crippen LogP contribution is -2.50. The minimum atomic E-state index is 0.120. The zero-order valence-corrected chi connectivity index (χ0v) is 17.0. The first-order valence-corrected chi connectivity index (χ1v) is 10.6. The van der Waals surface area contributed by atoms with Crippen molar-refractivity contribution in [1.29, 1.82) is 0 Å². The highest BCUT2D eigenvalue weighted by molar-refractivity contribution is 6.31. The summed E-state index contributed by atoms with van der Waals surface area (Å²) in [5.41, 5.74) is 1.82. The Labute approximate surface area is 163 Å². The molecule has 0 aromatic heterocycles. The van der Waals surface area contributed by atoms with Crippen LogP contribution in [-0.2, 0) is 0 Å². The fraction of sp³-hybridized carbons (Fsp3) is 0.667. The molecule has 0 unspecified atom stereocenters. The number of nitrogens with zero attached hydrogens (tertiary/aromatic N) is 3. The highest BCUT2D eigenvalue weighted by Crippen LogP contribution is 2.33. The van der Waals surface area contributed by atoms with Crippen molar-refractivity contribution in [2.75, 3.05) is 44.3 Å². The number of rotatable bonds is 7. The molecule has 1 aliphatic carbocycles. The van der Waals surface area contributed by atoms with Crippen LogP contribution in [0, 0.1) is 5.92 Å². The van der Waals surface area contributed by atoms with Gasteiger partial charge in [0.05, 0.1) is 17.9 Å². The summed E-state index contributed by atoms with van der Waals surface area (Å²) >= 11 is 6.20. The van der Waals surface area contributed by atoms with Crippen molar-refractivity contribution < 1.29 is 4.79 Å². The van der Waals surface area contributed by atoms with Gasteiger partial charge in [-0.1, -0.05) is 44.7 Å². The minimum Gasteiger partial charge on any atom is -0.353 e. The molecule has 0 bridgehead atoms. The van der Waals surface area contributed by atoms with Crippen LogP contribution in [0.4, 0.5) is 5.69 Å². The number of hydrogen-bond acceptors (Lipinski definition) is 3. The lowest BCUT2D eigenvalue weighted by Gasteiger charge is -2.41. The van der Waals surface area contributed by atoms with Gasteiger partial charge in [0, 0.05) is 24.7 Å². The Morgan fingerprint density at radius 1 is 1.12 bits per heavy atom. The van der Waals surface area contributed by atoms with Crippen molar-refractivity contribution in [2.45, 2.75) is 46.0 Å². The first-order chi connectivity index (χ1) is 12.6. The Kier molecular flexibility index (Phi) is 6.82. The fourth-order valence-corrected chi connectivity index (χ4v) is 4.46. The van der Waals surface area contributed by atoms with Gasteiger partial charge in [-0.15, -0.1) is 0 Å². The number of fused-ring (bicyclic) bond motifs is 1. The van der Waals surface area contributed by atoms with Gasteiger partial charge in [-0.2, -0.15) is 0 Å². The summed E-state index contributed by atoms with van der Waals surface area (Å²) in [5, 5.41) is 0.639. The van der Waals surface area contributed by atoms with Crippen LogP contribution in [0.2, 0.25) is 5.02 Å². The second kappa shape index (κ2) is 9.09. The Balaban J connectivity index is 1.77. The SMILES string of the molecule is CCN(CC)CCN1CN(CC2CCCCC2)c2ccc(Cl)cc2C1=O. The van der Waals surface area contributed by atoms with Crippen molar-refractivity contribution in [3.63, 3.8) is 0 Å². The topological polar surface area (TPSA) is 26.8 Å². The van der Waals surface area contributed by atoms with E-state index in [0.29, 0.717) is 11.7 Å². The van der Waals surface area contributed by atoms with Crippen LogP contribution < -0.4 is 4.90 Å². The maximum Gasteiger partial charge on any atom is 0.257 e. The Morgan fingerprint density at radius 2 is 1.85 bits per heavy atom. The summed E-state index contributed by atoms with van der Waals surface area (Å²) in [6.07, 6.45) is 6.68. The predicted molar refractivity (Wildman–Crippen MR) is 109 cm³/mol. The third-order valence-electron chi connectivity index (χ3n) is 5.94. The molecule has 1 aromatic rings. The minimum absolute atomic E-state index is 0.120. The van der Waals surface area contributed by atoms with Gasteiger partial charge in [0.25, 0.3) is 5.91 Å². The normalized spacial score (nSPS) is 18.5. The van der Waals surface area contributed by atoms with E-state index in [4.69, 9.17) is 11.6 Å². The van der Waals surface area contributed by atoms with E-state index in [9.17, 15) is 4.79 Å². The molecule has 0 atom stereocenters. The second-order valence-electron chi connectivity index (χ2n) is 7.62. The van der Waals surface area contributed by atoms with Crippen LogP contribution in [0.1, 0.15) is 56.3 Å². The average Bonchev–Trinajstić information content (AvgIpc) is 2.66. The van der Waals surface area contributed by atoms with E-state index in [1.807, 2.05) is 23.1 Å². The molecule has 5 heteroatoms. The van der Waals surface area contributed by atoms with Gasteiger partial charge < -0.3 is 14.7 Å². The van der Waals surface area contributed by atoms with Gasteiger partial charge in [-0.05, 0) is 50.0 Å². The quantitative estimate of drug-likeness (QED) is 0.700. The predicted octanol–water partition coefficient (Wildman–Crippen LogP) is 4.48. The van der Waals surface area contributed by atoms with Crippen LogP contribution in [0.25, 0.3) is 0 Å². The summed E-state index contributed by atoms with van der Waals surface area (Å²) in [6, 6.07) is 5.78. The molecule has 4 nitrogen and oxygen atoms in total. The number of carbonyl (C=O) groups is 1. The van der Waals surface area contributed by atoms with Crippen LogP contribution in [0.5, 0.6) is 0 Å². The smallest absolute Gasteiger partial charge is 0.257 e. The molecular formula is C21H32ClN3O. The van der Waals surface area contributed by atoms with Gasteiger partial charge in [0.15, 0.2) is 0 Å². The lowest BCUT2D eigenvalue weighted by atomic mass is 9.88. The first-order valence-electron chi connectivity index (χ1n) is 10.2. The van der Waals surface area contributed by atoms with Crippen molar-refractivity contribution in [1.82, 2.24) is 9.80 Å². The molecule has 1 amide bonds. The summed E-state index contributed by atoms with van der Waals surface area (Å²) in [4.78, 5) is 19.8. The molecule has 1 aromatic carbocycles. The average molecular weight is 378 g/mol. The number of benzene rings is 1. The van der Waals surface area contributed by atoms with Crippen LogP contribution in [0.3, 0.4) is 0 Å². The van der Waals surface area contributed by atoms with E-state index in [-0.39, 0.29) is 5.91 Å². The van der Waals surface area contributed by atoms with Crippen LogP contribution in [0.15, 0.2) is 18.2 Å². The third kappa shape index (κ3) is 4.52. The molecular weight excluding hydrogens is 346 g/mol. The molecule has 0 spiro atoms. The van der Waals surface area contributed by atoms with Gasteiger partial charge >= 0.3 is 0 Å². The van der Waals surface area contributed by atoms with Crippen molar-refractivity contribution in [3.05, 3.63) is 28.8 Å². The highest BCUT2D eigenvalue weighted by Gasteiger charge is 2.31. The van der Waals surface area contributed by atoms with E-state index >= 15 is 0 Å². The van der Waals surface area contributed by atoms with Gasteiger partial charge in [0.2, 0.25) is 0 Å². The molecule has 2 aliphatic rings. The zero-order valence-electron chi connectivity index (χ0n) is 16.2. The third-order valence-corrected chi connectivity index (χ3v) is 6.18. The summed E-state index contributed by atoms with van der Waals surface area (Å²) in [5.74, 6) is 0.861. The van der Waals surface area contributed by atoms with Gasteiger partial charge in [-0.25, -0.2) is 0 Å². The maximum absolute atomic E-state index is 13.0. The number of hydrogen-bond donors (Lipinski definition) is 0. The van der Waals surface area contributed by atoms with E-state index in [1.165, 1.54) is 32.1 Å². The molecule has 144 valence electrons. The van der Waals surface area contributed by atoms with Crippen molar-refractivity contribution in [2.24, 2.45) is 5.92 Å². The van der Waals surface area contributed by atoms with E-state index in [2.05, 4.69) is 23.6 Å². The molecule has 3 rings (SSSR count). The molecule has 1 aliphatic heterocycles. The largest absolute Gasteiger partial charge is 0.353 e. The number of carbonyl (C=O) groups excluding carboxylic acids is 1. The fourth-order valence-electron chi connectivity index (χ4n) is 4.28. The molecule has 0 saturated heterocycles. The van der Waals surface area contributed by atoms with Gasteiger partial charge in [0.1, 0.15) is 0 Å². The van der Waals surface area contributed by atoms with Crippen LogP contribution in [-0.4, -0.2) is 55.1 Å². The molecule has 0 N–H and O–H groups in total. The number of halogens is 1. The monoisotopic (exact) mass is 377 g/mol. The summed E-state index contributed by atoms with van der Waals surface area (Å²) < 4.78 is 0. The lowest BCUT2D eigenvalue weighted by molar-refractivity contribution is 0.0719. The zero-order chi connectivity index (χ0) is 18.5. The maximum atomic E-state index is 13.0. The van der Waals surface area contributed by atoms with E-state index in [1.54, 1.807) is 0 Å². The first kappa shape index (κ1) is 19.5. The summed E-state index contributed by atoms with van der Waals surface area (Å²) in [7, 11) is 0. The Bertz CT molecular complexity index is 611. The Morgan fingerprint density at radius 3 is 2.54 bits per heavy atom. The molecule has 1 heterocycles. The number of likely N-dealkylation sites (N-methyl/N-ethyl adjacent to an activating group) is 1. The highest BCUT2D eigenvalue weighted by atomic mass is 35.5. The van der Waals surface area contributed by atoms with E-state index < -0.39 is 0 Å².